The first-order valence-electron chi connectivity index (χ1n) is 10.9. The number of ether oxygens (including phenoxy) is 1. The zero-order chi connectivity index (χ0) is 22.5. The summed E-state index contributed by atoms with van der Waals surface area (Å²) in [5, 5.41) is 0. The smallest absolute Gasteiger partial charge is 0.128 e. The molecule has 0 atom stereocenters. The van der Waals surface area contributed by atoms with Crippen LogP contribution < -0.4 is 9.64 Å². The van der Waals surface area contributed by atoms with Crippen molar-refractivity contribution in [2.24, 2.45) is 0 Å². The van der Waals surface area contributed by atoms with E-state index < -0.39 is 0 Å². The normalized spacial score (nSPS) is 11.0. The summed E-state index contributed by atoms with van der Waals surface area (Å²) in [7, 11) is 1.73. The van der Waals surface area contributed by atoms with Crippen LogP contribution in [0.2, 0.25) is 0 Å². The molecule has 4 rings (SSSR count). The lowest BCUT2D eigenvalue weighted by Crippen LogP contribution is -2.10. The molecule has 0 aliphatic rings. The average Bonchev–Trinajstić information content (AvgIpc) is 2.81. The molecule has 160 valence electrons. The highest BCUT2D eigenvalue weighted by atomic mass is 16.5. The maximum absolute atomic E-state index is 5.78. The van der Waals surface area contributed by atoms with Gasteiger partial charge in [-0.05, 0) is 62.7 Å². The van der Waals surface area contributed by atoms with E-state index in [-0.39, 0.29) is 0 Å². The molecule has 32 heavy (non-hydrogen) atoms. The molecule has 0 aliphatic heterocycles. The van der Waals surface area contributed by atoms with Crippen LogP contribution in [0.15, 0.2) is 91.0 Å². The average molecular weight is 420 g/mol. The first kappa shape index (κ1) is 21.5. The van der Waals surface area contributed by atoms with Gasteiger partial charge >= 0.3 is 0 Å². The maximum Gasteiger partial charge on any atom is 0.128 e. The molecule has 0 radical (unpaired) electrons. The minimum Gasteiger partial charge on any atom is -0.496 e. The fraction of sp³-hybridized carbons (Fsp3) is 0.133. The number of methoxy groups -OCH3 is 1. The van der Waals surface area contributed by atoms with Crippen molar-refractivity contribution in [1.29, 1.82) is 0 Å². The third-order valence-electron chi connectivity index (χ3n) is 5.59. The van der Waals surface area contributed by atoms with Gasteiger partial charge in [-0.3, -0.25) is 0 Å². The first-order chi connectivity index (χ1) is 15.5. The molecular formula is C30H29NO. The Labute approximate surface area is 191 Å². The van der Waals surface area contributed by atoms with Gasteiger partial charge in [0, 0.05) is 28.7 Å². The van der Waals surface area contributed by atoms with Gasteiger partial charge in [0.2, 0.25) is 0 Å². The molecule has 0 aliphatic carbocycles. The molecule has 0 N–H and O–H groups in total. The van der Waals surface area contributed by atoms with Gasteiger partial charge in [0.15, 0.2) is 0 Å². The minimum atomic E-state index is 0.843. The van der Waals surface area contributed by atoms with Crippen molar-refractivity contribution in [3.05, 3.63) is 119 Å². The Morgan fingerprint density at radius 1 is 0.562 bits per heavy atom. The highest BCUT2D eigenvalue weighted by Crippen LogP contribution is 2.37. The summed E-state index contributed by atoms with van der Waals surface area (Å²) in [4.78, 5) is 2.26. The lowest BCUT2D eigenvalue weighted by molar-refractivity contribution is 0.414. The zero-order valence-corrected chi connectivity index (χ0v) is 19.2. The number of benzene rings is 4. The number of hydrogen-bond acceptors (Lipinski definition) is 2. The zero-order valence-electron chi connectivity index (χ0n) is 19.2. The van der Waals surface area contributed by atoms with Gasteiger partial charge < -0.3 is 9.64 Å². The summed E-state index contributed by atoms with van der Waals surface area (Å²) in [6.07, 6.45) is 4.23. The van der Waals surface area contributed by atoms with Gasteiger partial charge in [0.05, 0.1) is 7.11 Å². The molecule has 2 heteroatoms. The summed E-state index contributed by atoms with van der Waals surface area (Å²) in [5.41, 5.74) is 9.25. The Morgan fingerprint density at radius 2 is 1.03 bits per heavy atom. The Balaban J connectivity index is 1.73. The van der Waals surface area contributed by atoms with E-state index in [1.165, 1.54) is 22.3 Å². The van der Waals surface area contributed by atoms with Crippen molar-refractivity contribution < 1.29 is 4.74 Å². The Morgan fingerprint density at radius 3 is 1.53 bits per heavy atom. The molecule has 0 bridgehead atoms. The summed E-state index contributed by atoms with van der Waals surface area (Å²) < 4.78 is 5.78. The third kappa shape index (κ3) is 4.92. The summed E-state index contributed by atoms with van der Waals surface area (Å²) in [6.45, 7) is 6.32. The molecule has 0 amide bonds. The Bertz CT molecular complexity index is 1160. The van der Waals surface area contributed by atoms with Gasteiger partial charge in [-0.1, -0.05) is 77.4 Å². The number of nitrogens with zero attached hydrogens (tertiary/aromatic N) is 1. The van der Waals surface area contributed by atoms with Crippen LogP contribution in [0.5, 0.6) is 5.75 Å². The van der Waals surface area contributed by atoms with Crippen LogP contribution in [0.4, 0.5) is 17.1 Å². The third-order valence-corrected chi connectivity index (χ3v) is 5.59. The van der Waals surface area contributed by atoms with E-state index in [1.54, 1.807) is 7.11 Å². The molecule has 2 nitrogen and oxygen atoms in total. The first-order valence-corrected chi connectivity index (χ1v) is 10.9. The van der Waals surface area contributed by atoms with Crippen LogP contribution in [0.1, 0.15) is 27.8 Å². The lowest BCUT2D eigenvalue weighted by atomic mass is 10.1. The van der Waals surface area contributed by atoms with E-state index in [9.17, 15) is 0 Å². The van der Waals surface area contributed by atoms with Crippen LogP contribution in [-0.4, -0.2) is 7.11 Å². The van der Waals surface area contributed by atoms with E-state index in [2.05, 4.69) is 129 Å². The monoisotopic (exact) mass is 419 g/mol. The second-order valence-corrected chi connectivity index (χ2v) is 8.18. The Hall–Kier alpha value is -3.78. The van der Waals surface area contributed by atoms with E-state index in [0.717, 1.165) is 28.4 Å². The van der Waals surface area contributed by atoms with Crippen LogP contribution >= 0.6 is 0 Å². The molecule has 0 fully saturated rings. The molecule has 0 spiro atoms. The molecular weight excluding hydrogens is 390 g/mol. The minimum absolute atomic E-state index is 0.843. The van der Waals surface area contributed by atoms with Crippen molar-refractivity contribution in [3.63, 3.8) is 0 Å². The SMILES string of the molecule is COc1cc(N(c2ccc(C)cc2)c2ccc(C)cc2)ccc1C=Cc1ccc(C)cc1. The quantitative estimate of drug-likeness (QED) is 0.292. The number of aryl methyl sites for hydroxylation is 3. The summed E-state index contributed by atoms with van der Waals surface area (Å²) in [5.74, 6) is 0.843. The number of rotatable bonds is 6. The fourth-order valence-electron chi connectivity index (χ4n) is 3.68. The summed E-state index contributed by atoms with van der Waals surface area (Å²) in [6, 6.07) is 32.1. The molecule has 0 heterocycles. The number of hydrogen-bond donors (Lipinski definition) is 0. The van der Waals surface area contributed by atoms with Crippen molar-refractivity contribution in [1.82, 2.24) is 0 Å². The second-order valence-electron chi connectivity index (χ2n) is 8.18. The van der Waals surface area contributed by atoms with E-state index >= 15 is 0 Å². The van der Waals surface area contributed by atoms with Crippen LogP contribution in [0.25, 0.3) is 12.2 Å². The van der Waals surface area contributed by atoms with Gasteiger partial charge in [-0.15, -0.1) is 0 Å². The van der Waals surface area contributed by atoms with Gasteiger partial charge in [-0.25, -0.2) is 0 Å². The molecule has 4 aromatic rings. The lowest BCUT2D eigenvalue weighted by Gasteiger charge is -2.26. The molecule has 0 saturated heterocycles. The van der Waals surface area contributed by atoms with Gasteiger partial charge in [0.25, 0.3) is 0 Å². The van der Waals surface area contributed by atoms with E-state index in [4.69, 9.17) is 4.74 Å². The van der Waals surface area contributed by atoms with Crippen molar-refractivity contribution in [3.8, 4) is 5.75 Å². The van der Waals surface area contributed by atoms with Gasteiger partial charge in [0.1, 0.15) is 5.75 Å². The number of anilines is 3. The van der Waals surface area contributed by atoms with Crippen LogP contribution in [-0.2, 0) is 0 Å². The largest absolute Gasteiger partial charge is 0.496 e. The van der Waals surface area contributed by atoms with Crippen molar-refractivity contribution >= 4 is 29.2 Å². The molecule has 0 saturated carbocycles. The standard InChI is InChI=1S/C30H29NO/c1-22-5-11-25(12-6-22)13-14-26-15-20-29(21-30(26)32-4)31(27-16-7-23(2)8-17-27)28-18-9-24(3)10-19-28/h5-21H,1-4H3. The molecule has 4 aromatic carbocycles. The topological polar surface area (TPSA) is 12.5 Å². The van der Waals surface area contributed by atoms with Crippen molar-refractivity contribution in [2.75, 3.05) is 12.0 Å². The van der Waals surface area contributed by atoms with E-state index in [1.807, 2.05) is 0 Å². The highest BCUT2D eigenvalue weighted by Gasteiger charge is 2.14. The van der Waals surface area contributed by atoms with Gasteiger partial charge in [-0.2, -0.15) is 0 Å². The fourth-order valence-corrected chi connectivity index (χ4v) is 3.68. The van der Waals surface area contributed by atoms with Crippen LogP contribution in [0.3, 0.4) is 0 Å². The predicted molar refractivity (Wildman–Crippen MR) is 137 cm³/mol. The predicted octanol–water partition coefficient (Wildman–Crippen LogP) is 8.26. The van der Waals surface area contributed by atoms with E-state index in [0.29, 0.717) is 0 Å². The van der Waals surface area contributed by atoms with Crippen molar-refractivity contribution in [2.45, 2.75) is 20.8 Å². The van der Waals surface area contributed by atoms with Crippen LogP contribution in [0, 0.1) is 20.8 Å². The maximum atomic E-state index is 5.78. The Kier molecular flexibility index (Phi) is 6.42. The molecule has 0 unspecified atom stereocenters. The highest BCUT2D eigenvalue weighted by molar-refractivity contribution is 5.80. The molecule has 0 aromatic heterocycles. The summed E-state index contributed by atoms with van der Waals surface area (Å²) >= 11 is 0. The second kappa shape index (κ2) is 9.57.